The van der Waals surface area contributed by atoms with Gasteiger partial charge in [-0.05, 0) is 17.3 Å². The highest BCUT2D eigenvalue weighted by atomic mass is 16.2. The topological polar surface area (TPSA) is 121 Å². The molecule has 3 rings (SSSR count). The molecule has 20 heavy (non-hydrogen) atoms. The predicted molar refractivity (Wildman–Crippen MR) is 70.2 cm³/mol. The van der Waals surface area contributed by atoms with Crippen LogP contribution in [0.5, 0.6) is 0 Å². The van der Waals surface area contributed by atoms with Crippen molar-refractivity contribution in [3.8, 4) is 0 Å². The Labute approximate surface area is 113 Å². The molecule has 0 fully saturated rings. The first-order chi connectivity index (χ1) is 9.72. The molecule has 3 heterocycles. The number of amides is 1. The molecule has 1 unspecified atom stereocenters. The van der Waals surface area contributed by atoms with Gasteiger partial charge in [-0.1, -0.05) is 12.0 Å². The van der Waals surface area contributed by atoms with Gasteiger partial charge < -0.3 is 5.32 Å². The van der Waals surface area contributed by atoms with Crippen molar-refractivity contribution in [1.29, 1.82) is 0 Å². The SMILES string of the molecule is CC1CC(=O)NN=C1c1ccc(Nc2nn[nH]n2)nc1. The minimum absolute atomic E-state index is 0.0652. The molecule has 9 nitrogen and oxygen atoms in total. The highest BCUT2D eigenvalue weighted by Crippen LogP contribution is 2.17. The summed E-state index contributed by atoms with van der Waals surface area (Å²) in [5, 5.41) is 20.3. The van der Waals surface area contributed by atoms with Crippen molar-refractivity contribution < 1.29 is 4.79 Å². The van der Waals surface area contributed by atoms with Gasteiger partial charge >= 0.3 is 0 Å². The maximum absolute atomic E-state index is 11.2. The third-order valence-corrected chi connectivity index (χ3v) is 2.90. The number of aromatic nitrogens is 5. The second-order valence-corrected chi connectivity index (χ2v) is 4.43. The van der Waals surface area contributed by atoms with Crippen LogP contribution >= 0.6 is 0 Å². The first-order valence-corrected chi connectivity index (χ1v) is 6.05. The summed E-state index contributed by atoms with van der Waals surface area (Å²) in [4.78, 5) is 15.5. The number of rotatable bonds is 3. The van der Waals surface area contributed by atoms with Crippen molar-refractivity contribution in [2.24, 2.45) is 11.0 Å². The summed E-state index contributed by atoms with van der Waals surface area (Å²) in [6, 6.07) is 3.67. The molecule has 3 N–H and O–H groups in total. The molecule has 1 aliphatic rings. The van der Waals surface area contributed by atoms with Gasteiger partial charge in [0.2, 0.25) is 5.91 Å². The number of carbonyl (C=O) groups is 1. The van der Waals surface area contributed by atoms with Crippen molar-refractivity contribution in [1.82, 2.24) is 31.0 Å². The summed E-state index contributed by atoms with van der Waals surface area (Å²) in [5.74, 6) is 0.954. The number of pyridine rings is 1. The maximum Gasteiger partial charge on any atom is 0.268 e. The summed E-state index contributed by atoms with van der Waals surface area (Å²) >= 11 is 0. The molecule has 2 aromatic heterocycles. The van der Waals surface area contributed by atoms with E-state index in [2.05, 4.69) is 41.5 Å². The van der Waals surface area contributed by atoms with Crippen LogP contribution in [0.3, 0.4) is 0 Å². The van der Waals surface area contributed by atoms with Crippen LogP contribution in [0.2, 0.25) is 0 Å². The molecule has 0 spiro atoms. The van der Waals surface area contributed by atoms with Gasteiger partial charge in [-0.25, -0.2) is 10.4 Å². The molecule has 0 saturated carbocycles. The van der Waals surface area contributed by atoms with E-state index in [1.165, 1.54) is 0 Å². The van der Waals surface area contributed by atoms with Crippen LogP contribution in [0.25, 0.3) is 0 Å². The summed E-state index contributed by atoms with van der Waals surface area (Å²) < 4.78 is 0. The number of nitrogens with zero attached hydrogens (tertiary/aromatic N) is 5. The predicted octanol–water partition coefficient (Wildman–Crippen LogP) is 0.198. The van der Waals surface area contributed by atoms with E-state index in [0.29, 0.717) is 18.2 Å². The van der Waals surface area contributed by atoms with Crippen LogP contribution in [0.1, 0.15) is 18.9 Å². The number of carbonyl (C=O) groups excluding carboxylic acids is 1. The molecule has 0 aliphatic carbocycles. The van der Waals surface area contributed by atoms with Crippen molar-refractivity contribution >= 4 is 23.4 Å². The van der Waals surface area contributed by atoms with E-state index in [-0.39, 0.29) is 11.8 Å². The second kappa shape index (κ2) is 5.03. The van der Waals surface area contributed by atoms with Crippen molar-refractivity contribution in [3.05, 3.63) is 23.9 Å². The summed E-state index contributed by atoms with van der Waals surface area (Å²) in [6.45, 7) is 1.96. The second-order valence-electron chi connectivity index (χ2n) is 4.43. The number of H-pyrrole nitrogens is 1. The standard InChI is InChI=1S/C11H12N8O/c1-6-4-9(20)14-15-10(6)7-2-3-8(12-5-7)13-11-16-18-19-17-11/h2-3,5-6H,4H2,1H3,(H,14,20)(H2,12,13,16,17,18,19). The van der Waals surface area contributed by atoms with Gasteiger partial charge in [-0.2, -0.15) is 10.3 Å². The number of hydrogen-bond acceptors (Lipinski definition) is 7. The third-order valence-electron chi connectivity index (χ3n) is 2.90. The lowest BCUT2D eigenvalue weighted by Gasteiger charge is -2.18. The minimum Gasteiger partial charge on any atom is -0.306 e. The van der Waals surface area contributed by atoms with Gasteiger partial charge in [-0.3, -0.25) is 4.79 Å². The highest BCUT2D eigenvalue weighted by molar-refractivity contribution is 6.05. The zero-order valence-corrected chi connectivity index (χ0v) is 10.7. The average molecular weight is 272 g/mol. The number of tetrazole rings is 1. The molecule has 102 valence electrons. The lowest BCUT2D eigenvalue weighted by atomic mass is 9.95. The number of anilines is 2. The highest BCUT2D eigenvalue weighted by Gasteiger charge is 2.21. The van der Waals surface area contributed by atoms with Gasteiger partial charge in [0.15, 0.2) is 0 Å². The quantitative estimate of drug-likeness (QED) is 0.733. The largest absolute Gasteiger partial charge is 0.306 e. The summed E-state index contributed by atoms with van der Waals surface area (Å²) in [5.41, 5.74) is 4.18. The van der Waals surface area contributed by atoms with E-state index < -0.39 is 0 Å². The van der Waals surface area contributed by atoms with Gasteiger partial charge in [0, 0.05) is 24.1 Å². The van der Waals surface area contributed by atoms with Crippen LogP contribution in [0, 0.1) is 5.92 Å². The fraction of sp³-hybridized carbons (Fsp3) is 0.273. The minimum atomic E-state index is -0.0652. The molecule has 9 heteroatoms. The Morgan fingerprint density at radius 3 is 2.95 bits per heavy atom. The number of aromatic amines is 1. The normalized spacial score (nSPS) is 18.4. The Bertz CT molecular complexity index is 633. The smallest absolute Gasteiger partial charge is 0.268 e. The molecule has 1 atom stereocenters. The Hall–Kier alpha value is -2.84. The van der Waals surface area contributed by atoms with Gasteiger partial charge in [-0.15, -0.1) is 5.10 Å². The maximum atomic E-state index is 11.2. The average Bonchev–Trinajstić information content (AvgIpc) is 2.93. The van der Waals surface area contributed by atoms with Crippen LogP contribution in [-0.4, -0.2) is 37.2 Å². The molecule has 2 aromatic rings. The Kier molecular flexibility index (Phi) is 3.07. The first-order valence-electron chi connectivity index (χ1n) is 6.05. The lowest BCUT2D eigenvalue weighted by molar-refractivity contribution is -0.121. The van der Waals surface area contributed by atoms with E-state index in [9.17, 15) is 4.79 Å². The van der Waals surface area contributed by atoms with Gasteiger partial charge in [0.25, 0.3) is 5.95 Å². The molecule has 0 saturated heterocycles. The van der Waals surface area contributed by atoms with Gasteiger partial charge in [0.05, 0.1) is 5.71 Å². The molecule has 0 aromatic carbocycles. The molecule has 0 bridgehead atoms. The molecule has 1 aliphatic heterocycles. The number of hydrogen-bond donors (Lipinski definition) is 3. The van der Waals surface area contributed by atoms with E-state index in [4.69, 9.17) is 0 Å². The van der Waals surface area contributed by atoms with E-state index >= 15 is 0 Å². The molecule has 1 amide bonds. The summed E-state index contributed by atoms with van der Waals surface area (Å²) in [6.07, 6.45) is 2.12. The van der Waals surface area contributed by atoms with Crippen LogP contribution in [-0.2, 0) is 4.79 Å². The van der Waals surface area contributed by atoms with Crippen LogP contribution < -0.4 is 10.7 Å². The zero-order chi connectivity index (χ0) is 13.9. The Balaban J connectivity index is 1.77. The molecule has 0 radical (unpaired) electrons. The monoisotopic (exact) mass is 272 g/mol. The Morgan fingerprint density at radius 2 is 2.30 bits per heavy atom. The lowest BCUT2D eigenvalue weighted by Crippen LogP contribution is -2.32. The fourth-order valence-electron chi connectivity index (χ4n) is 1.95. The fourth-order valence-corrected chi connectivity index (χ4v) is 1.95. The summed E-state index contributed by atoms with van der Waals surface area (Å²) in [7, 11) is 0. The van der Waals surface area contributed by atoms with E-state index in [0.717, 1.165) is 11.3 Å². The van der Waals surface area contributed by atoms with Crippen molar-refractivity contribution in [2.75, 3.05) is 5.32 Å². The van der Waals surface area contributed by atoms with Crippen molar-refractivity contribution in [3.63, 3.8) is 0 Å². The van der Waals surface area contributed by atoms with E-state index in [1.807, 2.05) is 13.0 Å². The molecular weight excluding hydrogens is 260 g/mol. The third kappa shape index (κ3) is 2.46. The van der Waals surface area contributed by atoms with Crippen LogP contribution in [0.15, 0.2) is 23.4 Å². The first kappa shape index (κ1) is 12.2. The van der Waals surface area contributed by atoms with Gasteiger partial charge in [0.1, 0.15) is 5.82 Å². The Morgan fingerprint density at radius 1 is 1.40 bits per heavy atom. The van der Waals surface area contributed by atoms with E-state index in [1.54, 1.807) is 12.3 Å². The van der Waals surface area contributed by atoms with Crippen LogP contribution in [0.4, 0.5) is 11.8 Å². The zero-order valence-electron chi connectivity index (χ0n) is 10.7. The molecular formula is C11H12N8O. The number of hydrazone groups is 1. The number of nitrogens with one attached hydrogen (secondary N) is 3. The van der Waals surface area contributed by atoms with Crippen molar-refractivity contribution in [2.45, 2.75) is 13.3 Å².